The normalized spacial score (nSPS) is 12.9. The first-order valence-electron chi connectivity index (χ1n) is 10.1. The standard InChI is InChI=1S/C25H26O6/c1-30-24(28)20-13-18-9-5-6-10-21(18)19(14-20)11-12-23(27)22(15-26)25(29)31-16-17-7-3-2-4-8-17/h2-10,13-14,22-23,26-27H,11-12,15-16H2,1H3/t22-,23-/m0/s1. The van der Waals surface area contributed by atoms with Crippen LogP contribution in [0.25, 0.3) is 10.8 Å². The summed E-state index contributed by atoms with van der Waals surface area (Å²) in [6, 6.07) is 20.3. The number of fused-ring (bicyclic) bond motifs is 1. The molecule has 3 rings (SSSR count). The molecule has 0 aliphatic carbocycles. The minimum atomic E-state index is -1.09. The Kier molecular flexibility index (Phi) is 7.76. The Morgan fingerprint density at radius 1 is 1.00 bits per heavy atom. The first-order chi connectivity index (χ1) is 15.0. The minimum Gasteiger partial charge on any atom is -0.465 e. The van der Waals surface area contributed by atoms with E-state index >= 15 is 0 Å². The fraction of sp³-hybridized carbons (Fsp3) is 0.280. The number of hydrogen-bond donors (Lipinski definition) is 2. The van der Waals surface area contributed by atoms with E-state index in [0.717, 1.165) is 21.9 Å². The van der Waals surface area contributed by atoms with E-state index in [1.165, 1.54) is 7.11 Å². The van der Waals surface area contributed by atoms with Crippen molar-refractivity contribution in [1.82, 2.24) is 0 Å². The quantitative estimate of drug-likeness (QED) is 0.514. The Morgan fingerprint density at radius 3 is 2.42 bits per heavy atom. The number of aliphatic hydroxyl groups is 2. The average molecular weight is 422 g/mol. The molecule has 0 aliphatic heterocycles. The number of rotatable bonds is 9. The van der Waals surface area contributed by atoms with Crippen LogP contribution in [0.15, 0.2) is 66.7 Å². The number of carbonyl (C=O) groups excluding carboxylic acids is 2. The van der Waals surface area contributed by atoms with Gasteiger partial charge in [-0.15, -0.1) is 0 Å². The number of aliphatic hydroxyl groups excluding tert-OH is 2. The highest BCUT2D eigenvalue weighted by atomic mass is 16.5. The molecular formula is C25H26O6. The first-order valence-corrected chi connectivity index (χ1v) is 10.1. The number of methoxy groups -OCH3 is 1. The van der Waals surface area contributed by atoms with Gasteiger partial charge in [-0.3, -0.25) is 4.79 Å². The number of ether oxygens (including phenoxy) is 2. The number of benzene rings is 3. The van der Waals surface area contributed by atoms with Crippen LogP contribution in [0.5, 0.6) is 0 Å². The first kappa shape index (κ1) is 22.5. The third kappa shape index (κ3) is 5.69. The van der Waals surface area contributed by atoms with Crippen molar-refractivity contribution < 1.29 is 29.3 Å². The molecule has 0 heterocycles. The SMILES string of the molecule is COC(=O)c1cc(CC[C@H](O)[C@H](CO)C(=O)OCc2ccccc2)c2ccccc2c1. The lowest BCUT2D eigenvalue weighted by Crippen LogP contribution is -2.33. The zero-order chi connectivity index (χ0) is 22.2. The Hall–Kier alpha value is -3.22. The van der Waals surface area contributed by atoms with Crippen molar-refractivity contribution in [2.45, 2.75) is 25.6 Å². The van der Waals surface area contributed by atoms with Gasteiger partial charge < -0.3 is 19.7 Å². The second-order valence-corrected chi connectivity index (χ2v) is 7.34. The van der Waals surface area contributed by atoms with Crippen LogP contribution in [0.2, 0.25) is 0 Å². The highest BCUT2D eigenvalue weighted by Gasteiger charge is 2.28. The fourth-order valence-electron chi connectivity index (χ4n) is 3.53. The molecule has 3 aromatic rings. The molecular weight excluding hydrogens is 396 g/mol. The van der Waals surface area contributed by atoms with Gasteiger partial charge in [-0.1, -0.05) is 54.6 Å². The van der Waals surface area contributed by atoms with Gasteiger partial charge in [-0.2, -0.15) is 0 Å². The van der Waals surface area contributed by atoms with Crippen molar-refractivity contribution in [1.29, 1.82) is 0 Å². The summed E-state index contributed by atoms with van der Waals surface area (Å²) < 4.78 is 10.1. The van der Waals surface area contributed by atoms with Crippen LogP contribution in [-0.4, -0.2) is 42.0 Å². The second-order valence-electron chi connectivity index (χ2n) is 7.34. The largest absolute Gasteiger partial charge is 0.465 e. The Balaban J connectivity index is 1.69. The van der Waals surface area contributed by atoms with E-state index in [-0.39, 0.29) is 13.0 Å². The van der Waals surface area contributed by atoms with E-state index in [1.54, 1.807) is 12.1 Å². The van der Waals surface area contributed by atoms with Crippen LogP contribution in [0.4, 0.5) is 0 Å². The van der Waals surface area contributed by atoms with Crippen LogP contribution < -0.4 is 0 Å². The molecule has 0 spiro atoms. The number of esters is 2. The lowest BCUT2D eigenvalue weighted by Gasteiger charge is -2.20. The van der Waals surface area contributed by atoms with E-state index in [4.69, 9.17) is 9.47 Å². The van der Waals surface area contributed by atoms with Crippen LogP contribution in [0.1, 0.15) is 27.9 Å². The predicted octanol–water partition coefficient (Wildman–Crippen LogP) is 3.27. The van der Waals surface area contributed by atoms with Gasteiger partial charge in [0.05, 0.1) is 25.4 Å². The molecule has 0 fully saturated rings. The van der Waals surface area contributed by atoms with Crippen molar-refractivity contribution in [3.05, 3.63) is 83.4 Å². The molecule has 3 aromatic carbocycles. The van der Waals surface area contributed by atoms with Gasteiger partial charge in [0, 0.05) is 0 Å². The van der Waals surface area contributed by atoms with Gasteiger partial charge in [-0.25, -0.2) is 4.79 Å². The molecule has 0 aliphatic rings. The monoisotopic (exact) mass is 422 g/mol. The van der Waals surface area contributed by atoms with Crippen molar-refractivity contribution in [2.75, 3.05) is 13.7 Å². The summed E-state index contributed by atoms with van der Waals surface area (Å²) in [6.45, 7) is -0.438. The lowest BCUT2D eigenvalue weighted by atomic mass is 9.93. The van der Waals surface area contributed by atoms with Gasteiger partial charge in [0.1, 0.15) is 12.5 Å². The molecule has 0 saturated heterocycles. The van der Waals surface area contributed by atoms with Gasteiger partial charge in [0.15, 0.2) is 0 Å². The maximum atomic E-state index is 12.4. The van der Waals surface area contributed by atoms with Gasteiger partial charge in [-0.05, 0) is 46.9 Å². The molecule has 0 radical (unpaired) electrons. The molecule has 0 amide bonds. The van der Waals surface area contributed by atoms with E-state index < -0.39 is 30.6 Å². The van der Waals surface area contributed by atoms with Gasteiger partial charge in [0.2, 0.25) is 0 Å². The average Bonchev–Trinajstić information content (AvgIpc) is 2.81. The summed E-state index contributed by atoms with van der Waals surface area (Å²) >= 11 is 0. The number of aryl methyl sites for hydroxylation is 1. The van der Waals surface area contributed by atoms with E-state index in [9.17, 15) is 19.8 Å². The zero-order valence-electron chi connectivity index (χ0n) is 17.4. The molecule has 2 atom stereocenters. The summed E-state index contributed by atoms with van der Waals surface area (Å²) in [7, 11) is 1.33. The predicted molar refractivity (Wildman–Crippen MR) is 116 cm³/mol. The highest BCUT2D eigenvalue weighted by molar-refractivity contribution is 5.97. The summed E-state index contributed by atoms with van der Waals surface area (Å²) in [6.07, 6.45) is -0.455. The van der Waals surface area contributed by atoms with Gasteiger partial charge in [0.25, 0.3) is 0 Å². The van der Waals surface area contributed by atoms with Crippen LogP contribution in [0.3, 0.4) is 0 Å². The summed E-state index contributed by atoms with van der Waals surface area (Å²) in [4.78, 5) is 24.4. The molecule has 0 unspecified atom stereocenters. The third-order valence-electron chi connectivity index (χ3n) is 5.27. The Bertz CT molecular complexity index is 1030. The van der Waals surface area contributed by atoms with Crippen molar-refractivity contribution in [3.63, 3.8) is 0 Å². The van der Waals surface area contributed by atoms with Crippen molar-refractivity contribution in [3.8, 4) is 0 Å². The van der Waals surface area contributed by atoms with E-state index in [1.807, 2.05) is 54.6 Å². The van der Waals surface area contributed by atoms with Crippen LogP contribution in [0, 0.1) is 5.92 Å². The van der Waals surface area contributed by atoms with Crippen molar-refractivity contribution in [2.24, 2.45) is 5.92 Å². The third-order valence-corrected chi connectivity index (χ3v) is 5.27. The van der Waals surface area contributed by atoms with Crippen molar-refractivity contribution >= 4 is 22.7 Å². The smallest absolute Gasteiger partial charge is 0.337 e. The minimum absolute atomic E-state index is 0.0781. The summed E-state index contributed by atoms with van der Waals surface area (Å²) in [5, 5.41) is 22.1. The second kappa shape index (κ2) is 10.7. The zero-order valence-corrected chi connectivity index (χ0v) is 17.4. The topological polar surface area (TPSA) is 93.1 Å². The highest BCUT2D eigenvalue weighted by Crippen LogP contribution is 2.24. The Morgan fingerprint density at radius 2 is 1.71 bits per heavy atom. The van der Waals surface area contributed by atoms with Gasteiger partial charge >= 0.3 is 11.9 Å². The molecule has 0 saturated carbocycles. The molecule has 31 heavy (non-hydrogen) atoms. The molecule has 2 N–H and O–H groups in total. The van der Waals surface area contributed by atoms with Crippen LogP contribution >= 0.6 is 0 Å². The Labute approximate surface area is 181 Å². The number of carbonyl (C=O) groups is 2. The summed E-state index contributed by atoms with van der Waals surface area (Å²) in [5.41, 5.74) is 2.10. The maximum Gasteiger partial charge on any atom is 0.337 e. The summed E-state index contributed by atoms with van der Waals surface area (Å²) in [5.74, 6) is -2.13. The fourth-order valence-corrected chi connectivity index (χ4v) is 3.53. The molecule has 0 aromatic heterocycles. The maximum absolute atomic E-state index is 12.4. The molecule has 6 nitrogen and oxygen atoms in total. The van der Waals surface area contributed by atoms with E-state index in [0.29, 0.717) is 12.0 Å². The lowest BCUT2D eigenvalue weighted by molar-refractivity contribution is -0.156. The molecule has 162 valence electrons. The molecule has 6 heteroatoms. The number of hydrogen-bond acceptors (Lipinski definition) is 6. The molecule has 0 bridgehead atoms. The van der Waals surface area contributed by atoms with Crippen LogP contribution in [-0.2, 0) is 27.3 Å². The van der Waals surface area contributed by atoms with E-state index in [2.05, 4.69) is 0 Å².